The van der Waals surface area contributed by atoms with Crippen molar-refractivity contribution in [1.82, 2.24) is 0 Å². The molecule has 1 fully saturated rings. The summed E-state index contributed by atoms with van der Waals surface area (Å²) in [6.45, 7) is -0.0662. The van der Waals surface area contributed by atoms with Gasteiger partial charge in [-0.1, -0.05) is 35.9 Å². The molecule has 0 saturated carbocycles. The van der Waals surface area contributed by atoms with Crippen LogP contribution in [0, 0.1) is 0 Å². The molecule has 30 heavy (non-hydrogen) atoms. The fraction of sp³-hybridized carbons (Fsp3) is 0.409. The number of benzene rings is 2. The van der Waals surface area contributed by atoms with Crippen molar-refractivity contribution in [2.45, 2.75) is 36.9 Å². The average molecular weight is 436 g/mol. The zero-order chi connectivity index (χ0) is 21.7. The van der Waals surface area contributed by atoms with E-state index in [0.717, 1.165) is 16.9 Å². The first kappa shape index (κ1) is 22.7. The Kier molecular flexibility index (Phi) is 7.82. The van der Waals surface area contributed by atoms with E-state index in [2.05, 4.69) is 4.99 Å². The predicted octanol–water partition coefficient (Wildman–Crippen LogP) is 1.53. The van der Waals surface area contributed by atoms with Crippen LogP contribution >= 0.6 is 11.6 Å². The number of ether oxygens (including phenoxy) is 2. The summed E-state index contributed by atoms with van der Waals surface area (Å²) in [5.41, 5.74) is 2.43. The molecule has 1 aliphatic rings. The summed E-state index contributed by atoms with van der Waals surface area (Å²) in [5, 5.41) is 40.4. The molecule has 8 heteroatoms. The van der Waals surface area contributed by atoms with Crippen LogP contribution in [0.25, 0.3) is 0 Å². The highest BCUT2D eigenvalue weighted by atomic mass is 35.5. The van der Waals surface area contributed by atoms with Crippen molar-refractivity contribution < 1.29 is 29.9 Å². The van der Waals surface area contributed by atoms with E-state index in [1.807, 2.05) is 24.3 Å². The Bertz CT molecular complexity index is 857. The van der Waals surface area contributed by atoms with E-state index in [9.17, 15) is 20.4 Å². The molecule has 1 heterocycles. The molecule has 3 rings (SSSR count). The smallest absolute Gasteiger partial charge is 0.123 e. The molecule has 0 aromatic heterocycles. The van der Waals surface area contributed by atoms with E-state index in [1.54, 1.807) is 31.5 Å². The predicted molar refractivity (Wildman–Crippen MR) is 113 cm³/mol. The Morgan fingerprint density at radius 1 is 1.07 bits per heavy atom. The topological polar surface area (TPSA) is 112 Å². The number of aliphatic hydroxyl groups excluding tert-OH is 4. The summed E-state index contributed by atoms with van der Waals surface area (Å²) in [5.74, 6) is 0.736. The highest BCUT2D eigenvalue weighted by Gasteiger charge is 2.43. The van der Waals surface area contributed by atoms with Crippen LogP contribution in [0.1, 0.15) is 22.8 Å². The van der Waals surface area contributed by atoms with Gasteiger partial charge in [-0.05, 0) is 41.3 Å². The molecular formula is C22H26ClNO6. The summed E-state index contributed by atoms with van der Waals surface area (Å²) in [6.07, 6.45) is -3.79. The van der Waals surface area contributed by atoms with Crippen LogP contribution in [0.4, 0.5) is 0 Å². The molecular weight excluding hydrogens is 410 g/mol. The van der Waals surface area contributed by atoms with Crippen molar-refractivity contribution in [3.63, 3.8) is 0 Å². The number of halogens is 1. The summed E-state index contributed by atoms with van der Waals surface area (Å²) in [6, 6.07) is 12.8. The highest BCUT2D eigenvalue weighted by molar-refractivity contribution is 6.31. The standard InChI is InChI=1S/C22H26ClNO6/c1-24-8-9-29-16-5-2-13(3-6-16)10-15-11-14(4-7-17(15)23)22-21(28)20(27)19(26)18(12-25)30-22/h2-8,11,18-22,25-28H,9-10,12H2,1H3/t18-,19-,20+,21-,22+/m1/s1. The first-order chi connectivity index (χ1) is 14.4. The molecule has 0 amide bonds. The van der Waals surface area contributed by atoms with E-state index < -0.39 is 37.1 Å². The average Bonchev–Trinajstić information content (AvgIpc) is 2.75. The number of aliphatic imine (C=N–C) groups is 1. The molecule has 162 valence electrons. The second-order valence-corrected chi connectivity index (χ2v) is 7.58. The third-order valence-electron chi connectivity index (χ3n) is 5.12. The summed E-state index contributed by atoms with van der Waals surface area (Å²) >= 11 is 6.37. The van der Waals surface area contributed by atoms with Crippen LogP contribution in [0.3, 0.4) is 0 Å². The molecule has 0 spiro atoms. The van der Waals surface area contributed by atoms with E-state index >= 15 is 0 Å². The van der Waals surface area contributed by atoms with Gasteiger partial charge >= 0.3 is 0 Å². The fourth-order valence-electron chi connectivity index (χ4n) is 3.42. The minimum atomic E-state index is -1.43. The molecule has 7 nitrogen and oxygen atoms in total. The minimum Gasteiger partial charge on any atom is -0.488 e. The van der Waals surface area contributed by atoms with Crippen LogP contribution in [0.2, 0.25) is 5.02 Å². The van der Waals surface area contributed by atoms with Crippen LogP contribution in [0.15, 0.2) is 47.5 Å². The minimum absolute atomic E-state index is 0.406. The van der Waals surface area contributed by atoms with Gasteiger partial charge in [-0.25, -0.2) is 0 Å². The SMILES string of the molecule is CN=CCOc1ccc(Cc2cc([C@@H]3O[C@H](CO)[C@@H](O)[C@H](O)[C@H]3O)ccc2Cl)cc1. The van der Waals surface area contributed by atoms with Gasteiger partial charge in [0.1, 0.15) is 42.9 Å². The summed E-state index contributed by atoms with van der Waals surface area (Å²) in [4.78, 5) is 3.87. The molecule has 0 aliphatic carbocycles. The van der Waals surface area contributed by atoms with Crippen molar-refractivity contribution in [2.75, 3.05) is 20.3 Å². The van der Waals surface area contributed by atoms with Crippen molar-refractivity contribution in [2.24, 2.45) is 4.99 Å². The number of hydrogen-bond acceptors (Lipinski definition) is 7. The molecule has 4 N–H and O–H groups in total. The van der Waals surface area contributed by atoms with E-state index in [-0.39, 0.29) is 0 Å². The maximum absolute atomic E-state index is 10.4. The Morgan fingerprint density at radius 2 is 1.80 bits per heavy atom. The van der Waals surface area contributed by atoms with Crippen molar-refractivity contribution in [1.29, 1.82) is 0 Å². The van der Waals surface area contributed by atoms with E-state index in [4.69, 9.17) is 21.1 Å². The highest BCUT2D eigenvalue weighted by Crippen LogP contribution is 2.34. The lowest BCUT2D eigenvalue weighted by Gasteiger charge is -2.40. The van der Waals surface area contributed by atoms with Gasteiger partial charge in [-0.15, -0.1) is 0 Å². The first-order valence-electron chi connectivity index (χ1n) is 9.65. The zero-order valence-corrected chi connectivity index (χ0v) is 17.3. The normalized spacial score (nSPS) is 26.8. The van der Waals surface area contributed by atoms with Gasteiger partial charge in [0.25, 0.3) is 0 Å². The maximum atomic E-state index is 10.4. The quantitative estimate of drug-likeness (QED) is 0.491. The largest absolute Gasteiger partial charge is 0.488 e. The van der Waals surface area contributed by atoms with Gasteiger partial charge in [0, 0.05) is 18.3 Å². The van der Waals surface area contributed by atoms with Crippen LogP contribution in [-0.4, -0.2) is 71.3 Å². The van der Waals surface area contributed by atoms with Gasteiger partial charge in [0.15, 0.2) is 0 Å². The molecule has 0 bridgehead atoms. The van der Waals surface area contributed by atoms with Gasteiger partial charge < -0.3 is 29.9 Å². The lowest BCUT2D eigenvalue weighted by molar-refractivity contribution is -0.231. The third-order valence-corrected chi connectivity index (χ3v) is 5.48. The summed E-state index contributed by atoms with van der Waals surface area (Å²) < 4.78 is 11.2. The maximum Gasteiger partial charge on any atom is 0.123 e. The fourth-order valence-corrected chi connectivity index (χ4v) is 3.60. The molecule has 5 atom stereocenters. The molecule has 1 aliphatic heterocycles. The molecule has 0 unspecified atom stereocenters. The van der Waals surface area contributed by atoms with Gasteiger partial charge in [0.05, 0.1) is 6.61 Å². The van der Waals surface area contributed by atoms with Crippen molar-refractivity contribution in [3.8, 4) is 5.75 Å². The lowest BCUT2D eigenvalue weighted by atomic mass is 9.90. The first-order valence-corrected chi connectivity index (χ1v) is 10.0. The van der Waals surface area contributed by atoms with Gasteiger partial charge in [-0.2, -0.15) is 0 Å². The van der Waals surface area contributed by atoms with Gasteiger partial charge in [0.2, 0.25) is 0 Å². The Hall–Kier alpha value is -2.00. The van der Waals surface area contributed by atoms with Crippen molar-refractivity contribution in [3.05, 3.63) is 64.2 Å². The molecule has 0 radical (unpaired) electrons. The van der Waals surface area contributed by atoms with E-state index in [1.165, 1.54) is 0 Å². The number of nitrogens with zero attached hydrogens (tertiary/aromatic N) is 1. The Balaban J connectivity index is 1.77. The Morgan fingerprint density at radius 3 is 2.47 bits per heavy atom. The molecule has 1 saturated heterocycles. The third kappa shape index (κ3) is 5.18. The molecule has 2 aromatic carbocycles. The summed E-state index contributed by atoms with van der Waals surface area (Å²) in [7, 11) is 1.69. The van der Waals surface area contributed by atoms with E-state index in [0.29, 0.717) is 23.6 Å². The van der Waals surface area contributed by atoms with Crippen LogP contribution < -0.4 is 4.74 Å². The number of aliphatic hydroxyl groups is 4. The van der Waals surface area contributed by atoms with Crippen molar-refractivity contribution >= 4 is 17.8 Å². The van der Waals surface area contributed by atoms with Crippen LogP contribution in [-0.2, 0) is 11.2 Å². The number of rotatable bonds is 7. The zero-order valence-electron chi connectivity index (χ0n) is 16.6. The second-order valence-electron chi connectivity index (χ2n) is 7.17. The lowest BCUT2D eigenvalue weighted by Crippen LogP contribution is -2.55. The van der Waals surface area contributed by atoms with Crippen LogP contribution in [0.5, 0.6) is 5.75 Å². The second kappa shape index (κ2) is 10.3. The number of hydrogen-bond donors (Lipinski definition) is 4. The Labute approximate surface area is 180 Å². The van der Waals surface area contributed by atoms with Gasteiger partial charge in [-0.3, -0.25) is 4.99 Å². The monoisotopic (exact) mass is 435 g/mol. The molecule has 2 aromatic rings.